The molecule has 0 aliphatic heterocycles. The van der Waals surface area contributed by atoms with Gasteiger partial charge in [0, 0.05) is 0 Å². The quantitative estimate of drug-likeness (QED) is 0.730. The van der Waals surface area contributed by atoms with E-state index in [1.54, 1.807) is 13.8 Å². The fourth-order valence-electron chi connectivity index (χ4n) is 1.15. The van der Waals surface area contributed by atoms with Crippen LogP contribution in [0.5, 0.6) is 0 Å². The van der Waals surface area contributed by atoms with E-state index in [0.717, 1.165) is 5.56 Å². The van der Waals surface area contributed by atoms with Gasteiger partial charge in [-0.15, -0.1) is 0 Å². The summed E-state index contributed by atoms with van der Waals surface area (Å²) in [5.74, 6) is 0. The van der Waals surface area contributed by atoms with E-state index in [9.17, 15) is 4.79 Å². The first-order valence-corrected chi connectivity index (χ1v) is 5.29. The Balaban J connectivity index is 2.42. The number of benzene rings is 1. The molecule has 0 aromatic heterocycles. The van der Waals surface area contributed by atoms with Gasteiger partial charge in [0.15, 0.2) is 0 Å². The third kappa shape index (κ3) is 4.64. The summed E-state index contributed by atoms with van der Waals surface area (Å²) >= 11 is 0. The third-order valence-electron chi connectivity index (χ3n) is 1.90. The lowest BCUT2D eigenvalue weighted by molar-refractivity contribution is 0.0456. The van der Waals surface area contributed by atoms with E-state index >= 15 is 0 Å². The summed E-state index contributed by atoms with van der Waals surface area (Å²) in [6.45, 7) is 3.86. The average molecular weight is 220 g/mol. The van der Waals surface area contributed by atoms with Crippen molar-refractivity contribution in [2.24, 2.45) is 0 Å². The molecule has 0 aliphatic carbocycles. The first kappa shape index (κ1) is 12.3. The van der Waals surface area contributed by atoms with Gasteiger partial charge in [0.1, 0.15) is 6.10 Å². The maximum atomic E-state index is 11.0. The topological polar surface area (TPSA) is 35.5 Å². The molecule has 0 fully saturated rings. The van der Waals surface area contributed by atoms with Crippen LogP contribution in [-0.4, -0.2) is 18.9 Å². The van der Waals surface area contributed by atoms with E-state index in [1.807, 2.05) is 42.5 Å². The predicted octanol–water partition coefficient (Wildman–Crippen LogP) is 3.26. The number of hydrogen-bond acceptors (Lipinski definition) is 3. The Morgan fingerprint density at radius 2 is 2.06 bits per heavy atom. The highest BCUT2D eigenvalue weighted by atomic mass is 16.7. The Morgan fingerprint density at radius 3 is 2.69 bits per heavy atom. The van der Waals surface area contributed by atoms with Gasteiger partial charge in [-0.1, -0.05) is 36.4 Å². The maximum absolute atomic E-state index is 11.0. The van der Waals surface area contributed by atoms with Crippen LogP contribution in [-0.2, 0) is 9.47 Å². The van der Waals surface area contributed by atoms with Crippen molar-refractivity contribution in [1.82, 2.24) is 0 Å². The van der Waals surface area contributed by atoms with Gasteiger partial charge in [0.2, 0.25) is 0 Å². The van der Waals surface area contributed by atoms with Crippen LogP contribution in [0.25, 0.3) is 6.08 Å². The van der Waals surface area contributed by atoms with Crippen molar-refractivity contribution in [3.8, 4) is 0 Å². The summed E-state index contributed by atoms with van der Waals surface area (Å²) in [5.41, 5.74) is 1.07. The van der Waals surface area contributed by atoms with E-state index < -0.39 is 6.16 Å². The molecule has 0 unspecified atom stereocenters. The van der Waals surface area contributed by atoms with Gasteiger partial charge in [-0.25, -0.2) is 4.79 Å². The molecule has 1 atom stereocenters. The smallest absolute Gasteiger partial charge is 0.435 e. The van der Waals surface area contributed by atoms with Crippen LogP contribution in [0.1, 0.15) is 19.4 Å². The molecule has 0 N–H and O–H groups in total. The van der Waals surface area contributed by atoms with Gasteiger partial charge >= 0.3 is 6.16 Å². The zero-order valence-corrected chi connectivity index (χ0v) is 9.55. The highest BCUT2D eigenvalue weighted by Gasteiger charge is 2.05. The van der Waals surface area contributed by atoms with Crippen LogP contribution in [0.15, 0.2) is 36.4 Å². The molecule has 1 aromatic rings. The van der Waals surface area contributed by atoms with Crippen LogP contribution >= 0.6 is 0 Å². The van der Waals surface area contributed by atoms with Gasteiger partial charge < -0.3 is 9.47 Å². The van der Waals surface area contributed by atoms with E-state index in [4.69, 9.17) is 4.74 Å². The van der Waals surface area contributed by atoms with Crippen molar-refractivity contribution in [1.29, 1.82) is 0 Å². The predicted molar refractivity (Wildman–Crippen MR) is 63.0 cm³/mol. The zero-order chi connectivity index (χ0) is 11.8. The van der Waals surface area contributed by atoms with Gasteiger partial charge in [-0.2, -0.15) is 0 Å². The van der Waals surface area contributed by atoms with Gasteiger partial charge in [-0.05, 0) is 25.5 Å². The fraction of sp³-hybridized carbons (Fsp3) is 0.308. The summed E-state index contributed by atoms with van der Waals surface area (Å²) in [5, 5.41) is 0. The Morgan fingerprint density at radius 1 is 1.38 bits per heavy atom. The first-order valence-electron chi connectivity index (χ1n) is 5.29. The summed E-state index contributed by atoms with van der Waals surface area (Å²) < 4.78 is 9.63. The summed E-state index contributed by atoms with van der Waals surface area (Å²) in [6.07, 6.45) is 2.79. The molecule has 86 valence electrons. The molecule has 0 amide bonds. The minimum absolute atomic E-state index is 0.292. The molecule has 1 aromatic carbocycles. The molecule has 0 saturated heterocycles. The fourth-order valence-corrected chi connectivity index (χ4v) is 1.15. The molecule has 3 nitrogen and oxygen atoms in total. The molecule has 0 aliphatic rings. The summed E-state index contributed by atoms with van der Waals surface area (Å²) in [7, 11) is 0. The van der Waals surface area contributed by atoms with Gasteiger partial charge in [0.05, 0.1) is 6.61 Å². The molecular formula is C13H16O3. The second kappa shape index (κ2) is 6.67. The normalized spacial score (nSPS) is 12.4. The van der Waals surface area contributed by atoms with E-state index in [-0.39, 0.29) is 6.10 Å². The van der Waals surface area contributed by atoms with Crippen LogP contribution in [0.4, 0.5) is 4.79 Å². The molecule has 0 radical (unpaired) electrons. The van der Waals surface area contributed by atoms with E-state index in [1.165, 1.54) is 0 Å². The van der Waals surface area contributed by atoms with Crippen LogP contribution in [0, 0.1) is 0 Å². The van der Waals surface area contributed by atoms with Crippen molar-refractivity contribution < 1.29 is 14.3 Å². The lowest BCUT2D eigenvalue weighted by atomic mass is 10.2. The maximum Gasteiger partial charge on any atom is 0.508 e. The standard InChI is InChI=1S/C13H16O3/c1-3-15-13(14)16-11(2)9-10-12-7-5-4-6-8-12/h4-11H,3H2,1-2H3/b10-9-/t11-/m0/s1. The van der Waals surface area contributed by atoms with Crippen molar-refractivity contribution in [3.63, 3.8) is 0 Å². The van der Waals surface area contributed by atoms with Crippen molar-refractivity contribution in [3.05, 3.63) is 42.0 Å². The molecule has 3 heteroatoms. The second-order valence-electron chi connectivity index (χ2n) is 3.28. The Kier molecular flexibility index (Phi) is 5.12. The molecule has 0 bridgehead atoms. The molecular weight excluding hydrogens is 204 g/mol. The molecule has 0 heterocycles. The highest BCUT2D eigenvalue weighted by molar-refractivity contribution is 5.60. The van der Waals surface area contributed by atoms with E-state index in [0.29, 0.717) is 6.61 Å². The monoisotopic (exact) mass is 220 g/mol. The van der Waals surface area contributed by atoms with Gasteiger partial charge in [-0.3, -0.25) is 0 Å². The molecule has 0 spiro atoms. The minimum atomic E-state index is -0.632. The van der Waals surface area contributed by atoms with Crippen LogP contribution in [0.2, 0.25) is 0 Å². The highest BCUT2D eigenvalue weighted by Crippen LogP contribution is 2.04. The third-order valence-corrected chi connectivity index (χ3v) is 1.90. The van der Waals surface area contributed by atoms with Crippen molar-refractivity contribution in [2.45, 2.75) is 20.0 Å². The van der Waals surface area contributed by atoms with Crippen molar-refractivity contribution in [2.75, 3.05) is 6.61 Å². The van der Waals surface area contributed by atoms with Crippen molar-refractivity contribution >= 4 is 12.2 Å². The average Bonchev–Trinajstić information content (AvgIpc) is 2.28. The van der Waals surface area contributed by atoms with Crippen LogP contribution < -0.4 is 0 Å². The SMILES string of the molecule is CCOC(=O)O[C@@H](C)/C=C\c1ccccc1. The lowest BCUT2D eigenvalue weighted by Gasteiger charge is -2.08. The summed E-state index contributed by atoms with van der Waals surface area (Å²) in [4.78, 5) is 11.0. The molecule has 1 rings (SSSR count). The number of ether oxygens (including phenoxy) is 2. The Labute approximate surface area is 95.7 Å². The Hall–Kier alpha value is -1.77. The largest absolute Gasteiger partial charge is 0.508 e. The number of rotatable bonds is 4. The summed E-state index contributed by atoms with van der Waals surface area (Å²) in [6, 6.07) is 9.82. The number of hydrogen-bond donors (Lipinski definition) is 0. The number of carbonyl (C=O) groups excluding carboxylic acids is 1. The second-order valence-corrected chi connectivity index (χ2v) is 3.28. The molecule has 0 saturated carbocycles. The Bertz CT molecular complexity index is 343. The number of carbonyl (C=O) groups is 1. The minimum Gasteiger partial charge on any atom is -0.435 e. The van der Waals surface area contributed by atoms with Gasteiger partial charge in [0.25, 0.3) is 0 Å². The first-order chi connectivity index (χ1) is 7.72. The lowest BCUT2D eigenvalue weighted by Crippen LogP contribution is -2.13. The van der Waals surface area contributed by atoms with E-state index in [2.05, 4.69) is 4.74 Å². The molecule has 16 heavy (non-hydrogen) atoms. The zero-order valence-electron chi connectivity index (χ0n) is 9.55. The van der Waals surface area contributed by atoms with Crippen LogP contribution in [0.3, 0.4) is 0 Å².